The molecule has 2 heterocycles. The van der Waals surface area contributed by atoms with Crippen LogP contribution in [0.4, 0.5) is 0 Å². The lowest BCUT2D eigenvalue weighted by Crippen LogP contribution is -2.00. The van der Waals surface area contributed by atoms with Gasteiger partial charge in [-0.25, -0.2) is 14.6 Å². The fraction of sp³-hybridized carbons (Fsp3) is 0.364. The first-order valence-corrected chi connectivity index (χ1v) is 5.05. The SMILES string of the molecule is CC(C)Cc1ccc(-n2cncn2)nc1. The third-order valence-corrected chi connectivity index (χ3v) is 2.11. The van der Waals surface area contributed by atoms with E-state index in [1.165, 1.54) is 11.9 Å². The van der Waals surface area contributed by atoms with Gasteiger partial charge in [0.2, 0.25) is 0 Å². The van der Waals surface area contributed by atoms with Gasteiger partial charge in [-0.1, -0.05) is 19.9 Å². The summed E-state index contributed by atoms with van der Waals surface area (Å²) in [6.45, 7) is 4.40. The molecular weight excluding hydrogens is 188 g/mol. The van der Waals surface area contributed by atoms with Crippen molar-refractivity contribution in [3.63, 3.8) is 0 Å². The number of rotatable bonds is 3. The zero-order valence-corrected chi connectivity index (χ0v) is 8.96. The molecule has 0 aliphatic heterocycles. The van der Waals surface area contributed by atoms with Crippen LogP contribution in [-0.4, -0.2) is 19.7 Å². The van der Waals surface area contributed by atoms with E-state index in [0.717, 1.165) is 12.2 Å². The van der Waals surface area contributed by atoms with Gasteiger partial charge in [0.25, 0.3) is 0 Å². The predicted molar refractivity (Wildman–Crippen MR) is 57.7 cm³/mol. The lowest BCUT2D eigenvalue weighted by Gasteiger charge is -2.05. The van der Waals surface area contributed by atoms with Crippen LogP contribution in [0, 0.1) is 5.92 Å². The fourth-order valence-corrected chi connectivity index (χ4v) is 1.47. The Hall–Kier alpha value is -1.71. The van der Waals surface area contributed by atoms with Crippen LogP contribution in [0.5, 0.6) is 0 Å². The lowest BCUT2D eigenvalue weighted by atomic mass is 10.1. The Labute approximate surface area is 89.0 Å². The first-order valence-electron chi connectivity index (χ1n) is 5.05. The van der Waals surface area contributed by atoms with E-state index in [4.69, 9.17) is 0 Å². The van der Waals surface area contributed by atoms with Crippen molar-refractivity contribution in [3.8, 4) is 5.82 Å². The number of pyridine rings is 1. The van der Waals surface area contributed by atoms with Crippen molar-refractivity contribution >= 4 is 0 Å². The van der Waals surface area contributed by atoms with Crippen molar-refractivity contribution in [2.75, 3.05) is 0 Å². The molecule has 0 atom stereocenters. The second kappa shape index (κ2) is 4.21. The van der Waals surface area contributed by atoms with Gasteiger partial charge < -0.3 is 0 Å². The van der Waals surface area contributed by atoms with Gasteiger partial charge in [0.05, 0.1) is 0 Å². The minimum absolute atomic E-state index is 0.657. The summed E-state index contributed by atoms with van der Waals surface area (Å²) in [5.74, 6) is 1.46. The van der Waals surface area contributed by atoms with Gasteiger partial charge in [-0.3, -0.25) is 0 Å². The maximum atomic E-state index is 4.33. The molecule has 4 heteroatoms. The smallest absolute Gasteiger partial charge is 0.155 e. The van der Waals surface area contributed by atoms with Gasteiger partial charge in [-0.05, 0) is 24.0 Å². The molecule has 2 aromatic heterocycles. The van der Waals surface area contributed by atoms with E-state index in [0.29, 0.717) is 5.92 Å². The van der Waals surface area contributed by atoms with Crippen molar-refractivity contribution in [1.82, 2.24) is 19.7 Å². The molecule has 0 saturated heterocycles. The van der Waals surface area contributed by atoms with Gasteiger partial charge in [-0.2, -0.15) is 5.10 Å². The molecule has 0 unspecified atom stereocenters. The molecule has 0 aliphatic rings. The predicted octanol–water partition coefficient (Wildman–Crippen LogP) is 1.86. The third kappa shape index (κ3) is 2.40. The van der Waals surface area contributed by atoms with Crippen LogP contribution in [0.2, 0.25) is 0 Å². The summed E-state index contributed by atoms with van der Waals surface area (Å²) < 4.78 is 1.65. The van der Waals surface area contributed by atoms with Gasteiger partial charge in [0, 0.05) is 6.20 Å². The quantitative estimate of drug-likeness (QED) is 0.763. The van der Waals surface area contributed by atoms with Crippen LogP contribution in [-0.2, 0) is 6.42 Å². The first kappa shape index (κ1) is 9.83. The highest BCUT2D eigenvalue weighted by molar-refractivity contribution is 5.23. The van der Waals surface area contributed by atoms with Crippen molar-refractivity contribution in [2.45, 2.75) is 20.3 Å². The Morgan fingerprint density at radius 3 is 2.73 bits per heavy atom. The van der Waals surface area contributed by atoms with Gasteiger partial charge in [-0.15, -0.1) is 0 Å². The van der Waals surface area contributed by atoms with E-state index in [1.54, 1.807) is 11.0 Å². The van der Waals surface area contributed by atoms with E-state index in [9.17, 15) is 0 Å². The minimum Gasteiger partial charge on any atom is -0.237 e. The van der Waals surface area contributed by atoms with Gasteiger partial charge in [0.15, 0.2) is 5.82 Å². The zero-order chi connectivity index (χ0) is 10.7. The molecule has 0 fully saturated rings. The maximum Gasteiger partial charge on any atom is 0.155 e. The third-order valence-electron chi connectivity index (χ3n) is 2.11. The molecule has 0 amide bonds. The normalized spacial score (nSPS) is 10.9. The fourth-order valence-electron chi connectivity index (χ4n) is 1.47. The summed E-state index contributed by atoms with van der Waals surface area (Å²) in [5.41, 5.74) is 1.26. The summed E-state index contributed by atoms with van der Waals surface area (Å²) in [6, 6.07) is 4.05. The monoisotopic (exact) mass is 202 g/mol. The summed E-state index contributed by atoms with van der Waals surface area (Å²) in [6.07, 6.45) is 6.11. The van der Waals surface area contributed by atoms with E-state index in [-0.39, 0.29) is 0 Å². The van der Waals surface area contributed by atoms with E-state index < -0.39 is 0 Å². The number of hydrogen-bond donors (Lipinski definition) is 0. The number of aromatic nitrogens is 4. The summed E-state index contributed by atoms with van der Waals surface area (Å²) >= 11 is 0. The van der Waals surface area contributed by atoms with Gasteiger partial charge in [0.1, 0.15) is 12.7 Å². The average molecular weight is 202 g/mol. The molecule has 0 saturated carbocycles. The molecule has 15 heavy (non-hydrogen) atoms. The molecule has 4 nitrogen and oxygen atoms in total. The minimum atomic E-state index is 0.657. The van der Waals surface area contributed by atoms with Crippen molar-refractivity contribution in [1.29, 1.82) is 0 Å². The van der Waals surface area contributed by atoms with E-state index in [2.05, 4.69) is 35.0 Å². The molecule has 0 spiro atoms. The summed E-state index contributed by atoms with van der Waals surface area (Å²) in [4.78, 5) is 8.22. The maximum absolute atomic E-state index is 4.33. The highest BCUT2D eigenvalue weighted by Gasteiger charge is 2.00. The number of nitrogens with zero attached hydrogens (tertiary/aromatic N) is 4. The van der Waals surface area contributed by atoms with Crippen LogP contribution in [0.1, 0.15) is 19.4 Å². The van der Waals surface area contributed by atoms with Crippen molar-refractivity contribution in [2.24, 2.45) is 5.92 Å². The second-order valence-electron chi connectivity index (χ2n) is 3.96. The number of hydrogen-bond acceptors (Lipinski definition) is 3. The first-order chi connectivity index (χ1) is 7.25. The van der Waals surface area contributed by atoms with Crippen LogP contribution in [0.25, 0.3) is 5.82 Å². The highest BCUT2D eigenvalue weighted by Crippen LogP contribution is 2.08. The van der Waals surface area contributed by atoms with Gasteiger partial charge >= 0.3 is 0 Å². The van der Waals surface area contributed by atoms with Crippen LogP contribution >= 0.6 is 0 Å². The Morgan fingerprint density at radius 2 is 2.20 bits per heavy atom. The summed E-state index contributed by atoms with van der Waals surface area (Å²) in [7, 11) is 0. The molecule has 0 aromatic carbocycles. The Morgan fingerprint density at radius 1 is 1.33 bits per heavy atom. The van der Waals surface area contributed by atoms with E-state index in [1.807, 2.05) is 12.3 Å². The topological polar surface area (TPSA) is 43.6 Å². The van der Waals surface area contributed by atoms with Crippen LogP contribution < -0.4 is 0 Å². The standard InChI is InChI=1S/C11H14N4/c1-9(2)5-10-3-4-11(13-6-10)15-8-12-7-14-15/h3-4,6-9H,5H2,1-2H3. The largest absolute Gasteiger partial charge is 0.237 e. The molecule has 78 valence electrons. The van der Waals surface area contributed by atoms with Crippen LogP contribution in [0.15, 0.2) is 31.0 Å². The molecule has 0 aliphatic carbocycles. The molecule has 0 bridgehead atoms. The Balaban J connectivity index is 2.17. The zero-order valence-electron chi connectivity index (χ0n) is 8.96. The second-order valence-corrected chi connectivity index (χ2v) is 3.96. The van der Waals surface area contributed by atoms with Crippen molar-refractivity contribution < 1.29 is 0 Å². The summed E-state index contributed by atoms with van der Waals surface area (Å²) in [5, 5.41) is 4.02. The van der Waals surface area contributed by atoms with Crippen LogP contribution in [0.3, 0.4) is 0 Å². The van der Waals surface area contributed by atoms with Crippen molar-refractivity contribution in [3.05, 3.63) is 36.5 Å². The average Bonchev–Trinajstić information content (AvgIpc) is 2.71. The highest BCUT2D eigenvalue weighted by atomic mass is 15.3. The molecule has 2 aromatic rings. The molecule has 0 radical (unpaired) electrons. The Kier molecular flexibility index (Phi) is 2.76. The Bertz CT molecular complexity index is 403. The molecule has 2 rings (SSSR count). The molecule has 0 N–H and O–H groups in total. The lowest BCUT2D eigenvalue weighted by molar-refractivity contribution is 0.645. The molecular formula is C11H14N4. The van der Waals surface area contributed by atoms with E-state index >= 15 is 0 Å².